The van der Waals surface area contributed by atoms with Gasteiger partial charge in [-0.2, -0.15) is 0 Å². The summed E-state index contributed by atoms with van der Waals surface area (Å²) >= 11 is 7.69. The Morgan fingerprint density at radius 1 is 1.19 bits per heavy atom. The van der Waals surface area contributed by atoms with Gasteiger partial charge in [-0.25, -0.2) is 4.98 Å². The molecule has 0 aliphatic heterocycles. The Bertz CT molecular complexity index is 960. The molecule has 0 saturated carbocycles. The highest BCUT2D eigenvalue weighted by Crippen LogP contribution is 2.17. The first-order valence-corrected chi connectivity index (χ1v) is 9.59. The average molecular weight is 388 g/mol. The molecule has 0 aliphatic carbocycles. The summed E-state index contributed by atoms with van der Waals surface area (Å²) in [6.45, 7) is 0.514. The molecular weight excluding hydrogens is 370 g/mol. The molecule has 0 radical (unpaired) electrons. The van der Waals surface area contributed by atoms with Crippen molar-refractivity contribution in [3.05, 3.63) is 70.2 Å². The molecule has 3 rings (SSSR count). The number of amides is 1. The standard InChI is InChI=1S/C19H18ClN3O2S/c20-14-7-8-17-16(11-14)19(25)23(13-22-17)12-18(24)21-9-4-10-26-15-5-2-1-3-6-15/h1-3,5-8,11,13H,4,9-10,12H2,(H,21,24). The van der Waals surface area contributed by atoms with E-state index >= 15 is 0 Å². The molecule has 7 heteroatoms. The molecule has 0 spiro atoms. The maximum Gasteiger partial charge on any atom is 0.261 e. The van der Waals surface area contributed by atoms with Gasteiger partial charge in [-0.05, 0) is 42.5 Å². The molecule has 5 nitrogen and oxygen atoms in total. The molecule has 26 heavy (non-hydrogen) atoms. The van der Waals surface area contributed by atoms with Crippen LogP contribution in [0, 0.1) is 0 Å². The van der Waals surface area contributed by atoms with E-state index in [1.807, 2.05) is 18.2 Å². The van der Waals surface area contributed by atoms with Crippen molar-refractivity contribution in [2.24, 2.45) is 0 Å². The summed E-state index contributed by atoms with van der Waals surface area (Å²) in [6.07, 6.45) is 2.25. The first-order valence-electron chi connectivity index (χ1n) is 8.23. The lowest BCUT2D eigenvalue weighted by molar-refractivity contribution is -0.121. The van der Waals surface area contributed by atoms with Gasteiger partial charge in [0.2, 0.25) is 5.91 Å². The topological polar surface area (TPSA) is 64.0 Å². The molecule has 0 aliphatic rings. The molecule has 0 atom stereocenters. The van der Waals surface area contributed by atoms with Crippen molar-refractivity contribution < 1.29 is 4.79 Å². The summed E-state index contributed by atoms with van der Waals surface area (Å²) in [5.74, 6) is 0.709. The zero-order chi connectivity index (χ0) is 18.4. The number of thioether (sulfide) groups is 1. The minimum atomic E-state index is -0.271. The highest BCUT2D eigenvalue weighted by Gasteiger charge is 2.08. The number of hydrogen-bond donors (Lipinski definition) is 1. The van der Waals surface area contributed by atoms with Gasteiger partial charge in [-0.15, -0.1) is 11.8 Å². The number of nitrogens with zero attached hydrogens (tertiary/aromatic N) is 2. The van der Waals surface area contributed by atoms with Crippen LogP contribution in [0.4, 0.5) is 0 Å². The number of rotatable bonds is 7. The molecule has 1 N–H and O–H groups in total. The second kappa shape index (κ2) is 8.87. The largest absolute Gasteiger partial charge is 0.355 e. The van der Waals surface area contributed by atoms with E-state index in [0.717, 1.165) is 12.2 Å². The molecule has 1 amide bonds. The lowest BCUT2D eigenvalue weighted by Gasteiger charge is -2.08. The fourth-order valence-electron chi connectivity index (χ4n) is 2.46. The Labute approximate surface area is 160 Å². The third-order valence-electron chi connectivity index (χ3n) is 3.76. The summed E-state index contributed by atoms with van der Waals surface area (Å²) in [5.41, 5.74) is 0.293. The van der Waals surface area contributed by atoms with Crippen molar-refractivity contribution in [3.8, 4) is 0 Å². The zero-order valence-corrected chi connectivity index (χ0v) is 15.6. The van der Waals surface area contributed by atoms with Crippen LogP contribution in [0.3, 0.4) is 0 Å². The molecule has 0 unspecified atom stereocenters. The Balaban J connectivity index is 1.50. The zero-order valence-electron chi connectivity index (χ0n) is 14.0. The molecule has 2 aromatic carbocycles. The van der Waals surface area contributed by atoms with Crippen LogP contribution in [-0.2, 0) is 11.3 Å². The van der Waals surface area contributed by atoms with Crippen LogP contribution in [0.15, 0.2) is 64.5 Å². The minimum Gasteiger partial charge on any atom is -0.355 e. The van der Waals surface area contributed by atoms with Gasteiger partial charge in [0.25, 0.3) is 5.56 Å². The van der Waals surface area contributed by atoms with Gasteiger partial charge < -0.3 is 5.32 Å². The van der Waals surface area contributed by atoms with Crippen molar-refractivity contribution in [2.75, 3.05) is 12.3 Å². The molecule has 0 saturated heterocycles. The lowest BCUT2D eigenvalue weighted by Crippen LogP contribution is -2.33. The Morgan fingerprint density at radius 2 is 2.00 bits per heavy atom. The maximum atomic E-state index is 12.4. The van der Waals surface area contributed by atoms with Crippen LogP contribution in [0.5, 0.6) is 0 Å². The van der Waals surface area contributed by atoms with E-state index in [4.69, 9.17) is 11.6 Å². The van der Waals surface area contributed by atoms with Gasteiger partial charge in [-0.3, -0.25) is 14.2 Å². The molecule has 0 fully saturated rings. The van der Waals surface area contributed by atoms with Gasteiger partial charge in [0, 0.05) is 16.5 Å². The highest BCUT2D eigenvalue weighted by atomic mass is 35.5. The third kappa shape index (κ3) is 4.86. The number of nitrogens with one attached hydrogen (secondary N) is 1. The molecule has 3 aromatic rings. The molecule has 134 valence electrons. The quantitative estimate of drug-likeness (QED) is 0.498. The van der Waals surface area contributed by atoms with Crippen LogP contribution >= 0.6 is 23.4 Å². The van der Waals surface area contributed by atoms with Crippen molar-refractivity contribution >= 4 is 40.2 Å². The summed E-state index contributed by atoms with van der Waals surface area (Å²) in [4.78, 5) is 29.9. The normalized spacial score (nSPS) is 10.8. The first kappa shape index (κ1) is 18.5. The average Bonchev–Trinajstić information content (AvgIpc) is 2.65. The van der Waals surface area contributed by atoms with Crippen LogP contribution in [0.25, 0.3) is 10.9 Å². The van der Waals surface area contributed by atoms with Crippen molar-refractivity contribution in [2.45, 2.75) is 17.9 Å². The number of hydrogen-bond acceptors (Lipinski definition) is 4. The monoisotopic (exact) mass is 387 g/mol. The van der Waals surface area contributed by atoms with E-state index < -0.39 is 0 Å². The summed E-state index contributed by atoms with van der Waals surface area (Å²) in [5, 5.41) is 3.71. The number of benzene rings is 2. The first-order chi connectivity index (χ1) is 12.6. The fraction of sp³-hybridized carbons (Fsp3) is 0.211. The van der Waals surface area contributed by atoms with Crippen molar-refractivity contribution in [1.29, 1.82) is 0 Å². The fourth-order valence-corrected chi connectivity index (χ4v) is 3.51. The lowest BCUT2D eigenvalue weighted by atomic mass is 10.2. The van der Waals surface area contributed by atoms with Crippen molar-refractivity contribution in [3.63, 3.8) is 0 Å². The highest BCUT2D eigenvalue weighted by molar-refractivity contribution is 7.99. The van der Waals surface area contributed by atoms with Gasteiger partial charge in [-0.1, -0.05) is 29.8 Å². The predicted octanol–water partition coefficient (Wildman–Crippen LogP) is 3.35. The number of carbonyl (C=O) groups is 1. The Hall–Kier alpha value is -2.31. The van der Waals surface area contributed by atoms with Crippen LogP contribution in [0.2, 0.25) is 5.02 Å². The van der Waals surface area contributed by atoms with Crippen molar-refractivity contribution in [1.82, 2.24) is 14.9 Å². The maximum absolute atomic E-state index is 12.4. The number of halogens is 1. The second-order valence-corrected chi connectivity index (χ2v) is 7.31. The summed E-state index contributed by atoms with van der Waals surface area (Å²) in [6, 6.07) is 15.1. The van der Waals surface area contributed by atoms with Gasteiger partial charge in [0.05, 0.1) is 17.2 Å². The molecule has 1 aromatic heterocycles. The molecule has 0 bridgehead atoms. The number of fused-ring (bicyclic) bond motifs is 1. The van der Waals surface area contributed by atoms with E-state index in [9.17, 15) is 9.59 Å². The van der Waals surface area contributed by atoms with E-state index in [2.05, 4.69) is 22.4 Å². The van der Waals surface area contributed by atoms with E-state index in [-0.39, 0.29) is 18.0 Å². The summed E-state index contributed by atoms with van der Waals surface area (Å²) in [7, 11) is 0. The number of carbonyl (C=O) groups excluding carboxylic acids is 1. The molecule has 1 heterocycles. The van der Waals surface area contributed by atoms with Crippen LogP contribution < -0.4 is 10.9 Å². The van der Waals surface area contributed by atoms with Gasteiger partial charge in [0.1, 0.15) is 6.54 Å². The van der Waals surface area contributed by atoms with E-state index in [0.29, 0.717) is 22.5 Å². The molecular formula is C19H18ClN3O2S. The van der Waals surface area contributed by atoms with E-state index in [1.165, 1.54) is 15.8 Å². The Morgan fingerprint density at radius 3 is 2.81 bits per heavy atom. The minimum absolute atomic E-state index is 0.0554. The Kier molecular flexibility index (Phi) is 6.30. The van der Waals surface area contributed by atoms with Gasteiger partial charge >= 0.3 is 0 Å². The SMILES string of the molecule is O=C(Cn1cnc2ccc(Cl)cc2c1=O)NCCCSc1ccccc1. The predicted molar refractivity (Wildman–Crippen MR) is 106 cm³/mol. The number of aromatic nitrogens is 2. The third-order valence-corrected chi connectivity index (χ3v) is 5.09. The van der Waals surface area contributed by atoms with Crippen LogP contribution in [-0.4, -0.2) is 27.8 Å². The van der Waals surface area contributed by atoms with Gasteiger partial charge in [0.15, 0.2) is 0 Å². The van der Waals surface area contributed by atoms with Crippen LogP contribution in [0.1, 0.15) is 6.42 Å². The smallest absolute Gasteiger partial charge is 0.261 e. The summed E-state index contributed by atoms with van der Waals surface area (Å²) < 4.78 is 1.30. The van der Waals surface area contributed by atoms with E-state index in [1.54, 1.807) is 30.0 Å². The second-order valence-electron chi connectivity index (χ2n) is 5.70.